The van der Waals surface area contributed by atoms with Crippen LogP contribution in [0.5, 0.6) is 0 Å². The van der Waals surface area contributed by atoms with E-state index in [4.69, 9.17) is 4.74 Å². The molecule has 0 aliphatic heterocycles. The maximum Gasteiger partial charge on any atom is 0.227 e. The number of hydrogen-bond donors (Lipinski definition) is 0. The highest BCUT2D eigenvalue weighted by atomic mass is 32.2. The molecule has 1 aliphatic carbocycles. The van der Waals surface area contributed by atoms with Crippen LogP contribution in [0.4, 0.5) is 0 Å². The first kappa shape index (κ1) is 22.1. The Morgan fingerprint density at radius 2 is 2.07 bits per heavy atom. The Labute approximate surface area is 164 Å². The molecule has 1 aromatic heterocycles. The molecule has 0 radical (unpaired) electrons. The van der Waals surface area contributed by atoms with Crippen molar-refractivity contribution in [2.24, 2.45) is 5.92 Å². The summed E-state index contributed by atoms with van der Waals surface area (Å²) in [6.07, 6.45) is 7.22. The first-order valence-corrected chi connectivity index (χ1v) is 11.7. The van der Waals surface area contributed by atoms with E-state index in [1.54, 1.807) is 13.3 Å². The molecule has 1 fully saturated rings. The van der Waals surface area contributed by atoms with E-state index in [1.807, 2.05) is 11.5 Å². The lowest BCUT2D eigenvalue weighted by Crippen LogP contribution is -2.27. The standard InChI is InChI=1S/C20H35N3O3S/c1-5-22(14-17(2)3)15-19-13-21-20(23(19)11-12-26-4)27(24,25)16-18-9-7-6-8-10-18/h13,18H,2,5-12,14-16H2,1,3-4H3. The molecular weight excluding hydrogens is 362 g/mol. The molecule has 1 aliphatic rings. The summed E-state index contributed by atoms with van der Waals surface area (Å²) < 4.78 is 33.2. The van der Waals surface area contributed by atoms with Crippen molar-refractivity contribution in [2.75, 3.05) is 32.6 Å². The quantitative estimate of drug-likeness (QED) is 0.536. The maximum absolute atomic E-state index is 13.1. The van der Waals surface area contributed by atoms with Gasteiger partial charge in [-0.1, -0.05) is 38.3 Å². The second kappa shape index (κ2) is 10.4. The average molecular weight is 398 g/mol. The van der Waals surface area contributed by atoms with Crippen LogP contribution in [-0.4, -0.2) is 55.4 Å². The van der Waals surface area contributed by atoms with E-state index in [2.05, 4.69) is 23.4 Å². The van der Waals surface area contributed by atoms with Gasteiger partial charge in [0, 0.05) is 26.7 Å². The number of hydrogen-bond acceptors (Lipinski definition) is 5. The molecule has 0 aromatic carbocycles. The summed E-state index contributed by atoms with van der Waals surface area (Å²) in [5.41, 5.74) is 2.00. The second-order valence-corrected chi connectivity index (χ2v) is 9.65. The third kappa shape index (κ3) is 6.43. The molecular formula is C20H35N3O3S. The lowest BCUT2D eigenvalue weighted by atomic mass is 9.91. The normalized spacial score (nSPS) is 16.1. The molecule has 0 N–H and O–H groups in total. The lowest BCUT2D eigenvalue weighted by molar-refractivity contribution is 0.181. The third-order valence-corrected chi connectivity index (χ3v) is 7.00. The number of ether oxygens (including phenoxy) is 1. The molecule has 1 heterocycles. The summed E-state index contributed by atoms with van der Waals surface area (Å²) in [5, 5.41) is 0.200. The number of likely N-dealkylation sites (N-methyl/N-ethyl adjacent to an activating group) is 1. The molecule has 0 unspecified atom stereocenters. The van der Waals surface area contributed by atoms with E-state index in [9.17, 15) is 8.42 Å². The first-order chi connectivity index (χ1) is 12.9. The van der Waals surface area contributed by atoms with Crippen molar-refractivity contribution >= 4 is 9.84 Å². The van der Waals surface area contributed by atoms with Gasteiger partial charge in [0.1, 0.15) is 0 Å². The van der Waals surface area contributed by atoms with Crippen molar-refractivity contribution in [3.63, 3.8) is 0 Å². The van der Waals surface area contributed by atoms with Crippen LogP contribution < -0.4 is 0 Å². The van der Waals surface area contributed by atoms with Crippen LogP contribution in [-0.2, 0) is 27.7 Å². The minimum absolute atomic E-state index is 0.200. The van der Waals surface area contributed by atoms with E-state index < -0.39 is 9.84 Å². The van der Waals surface area contributed by atoms with Crippen molar-refractivity contribution in [3.05, 3.63) is 24.0 Å². The fraction of sp³-hybridized carbons (Fsp3) is 0.750. The molecule has 1 saturated carbocycles. The second-order valence-electron chi connectivity index (χ2n) is 7.72. The zero-order valence-electron chi connectivity index (χ0n) is 17.1. The van der Waals surface area contributed by atoms with Gasteiger partial charge in [0.05, 0.1) is 24.3 Å². The summed E-state index contributed by atoms with van der Waals surface area (Å²) in [7, 11) is -1.77. The van der Waals surface area contributed by atoms with E-state index in [1.165, 1.54) is 6.42 Å². The van der Waals surface area contributed by atoms with Gasteiger partial charge >= 0.3 is 0 Å². The van der Waals surface area contributed by atoms with Crippen LogP contribution in [0.2, 0.25) is 0 Å². The number of nitrogens with zero attached hydrogens (tertiary/aromatic N) is 3. The molecule has 0 saturated heterocycles. The van der Waals surface area contributed by atoms with Crippen LogP contribution in [0.3, 0.4) is 0 Å². The van der Waals surface area contributed by atoms with Gasteiger partial charge in [-0.3, -0.25) is 4.90 Å². The summed E-state index contributed by atoms with van der Waals surface area (Å²) in [5.74, 6) is 0.468. The monoisotopic (exact) mass is 397 g/mol. The Morgan fingerprint density at radius 1 is 1.37 bits per heavy atom. The Kier molecular flexibility index (Phi) is 8.51. The zero-order chi connectivity index (χ0) is 19.9. The third-order valence-electron chi connectivity index (χ3n) is 5.21. The van der Waals surface area contributed by atoms with Gasteiger partial charge in [-0.15, -0.1) is 0 Å². The lowest BCUT2D eigenvalue weighted by Gasteiger charge is -2.23. The van der Waals surface area contributed by atoms with Gasteiger partial charge in [0.2, 0.25) is 15.0 Å². The predicted octanol–water partition coefficient (Wildman–Crippen LogP) is 3.28. The predicted molar refractivity (Wildman–Crippen MR) is 108 cm³/mol. The number of rotatable bonds is 11. The summed E-state index contributed by atoms with van der Waals surface area (Å²) >= 11 is 0. The molecule has 0 bridgehead atoms. The molecule has 27 heavy (non-hydrogen) atoms. The fourth-order valence-electron chi connectivity index (χ4n) is 3.82. The van der Waals surface area contributed by atoms with Crippen LogP contribution in [0.1, 0.15) is 51.6 Å². The van der Waals surface area contributed by atoms with Gasteiger partial charge in [0.25, 0.3) is 0 Å². The van der Waals surface area contributed by atoms with Crippen LogP contribution in [0.25, 0.3) is 0 Å². The minimum atomic E-state index is -3.41. The van der Waals surface area contributed by atoms with Gasteiger partial charge in [0.15, 0.2) is 0 Å². The SMILES string of the molecule is C=C(C)CN(CC)Cc1cnc(S(=O)(=O)CC2CCCCC2)n1CCOC. The number of aromatic nitrogens is 2. The highest BCUT2D eigenvalue weighted by molar-refractivity contribution is 7.91. The number of imidazole rings is 1. The van der Waals surface area contributed by atoms with Crippen molar-refractivity contribution in [1.82, 2.24) is 14.5 Å². The maximum atomic E-state index is 13.1. The Bertz CT molecular complexity index is 706. The molecule has 154 valence electrons. The molecule has 7 heteroatoms. The smallest absolute Gasteiger partial charge is 0.227 e. The van der Waals surface area contributed by atoms with Crippen LogP contribution >= 0.6 is 0 Å². The molecule has 2 rings (SSSR count). The molecule has 6 nitrogen and oxygen atoms in total. The Morgan fingerprint density at radius 3 is 2.67 bits per heavy atom. The highest BCUT2D eigenvalue weighted by Gasteiger charge is 2.28. The topological polar surface area (TPSA) is 64.4 Å². The zero-order valence-corrected chi connectivity index (χ0v) is 17.9. The van der Waals surface area contributed by atoms with Crippen molar-refractivity contribution < 1.29 is 13.2 Å². The van der Waals surface area contributed by atoms with E-state index in [0.717, 1.165) is 50.0 Å². The van der Waals surface area contributed by atoms with Gasteiger partial charge in [-0.25, -0.2) is 13.4 Å². The van der Waals surface area contributed by atoms with E-state index in [0.29, 0.717) is 19.7 Å². The van der Waals surface area contributed by atoms with E-state index >= 15 is 0 Å². The van der Waals surface area contributed by atoms with Crippen molar-refractivity contribution in [1.29, 1.82) is 0 Å². The van der Waals surface area contributed by atoms with Crippen molar-refractivity contribution in [2.45, 2.75) is 64.2 Å². The molecule has 0 amide bonds. The van der Waals surface area contributed by atoms with E-state index in [-0.39, 0.29) is 16.8 Å². The summed E-state index contributed by atoms with van der Waals surface area (Å²) in [6.45, 7) is 11.4. The molecule has 0 atom stereocenters. The fourth-order valence-corrected chi connectivity index (χ4v) is 5.68. The summed E-state index contributed by atoms with van der Waals surface area (Å²) in [6, 6.07) is 0. The average Bonchev–Trinajstić information content (AvgIpc) is 3.02. The Balaban J connectivity index is 2.24. The largest absolute Gasteiger partial charge is 0.383 e. The van der Waals surface area contributed by atoms with Gasteiger partial charge < -0.3 is 9.30 Å². The van der Waals surface area contributed by atoms with Gasteiger partial charge in [-0.05, 0) is 32.2 Å². The molecule has 0 spiro atoms. The first-order valence-electron chi connectivity index (χ1n) is 10.00. The number of sulfone groups is 1. The minimum Gasteiger partial charge on any atom is -0.383 e. The Hall–Kier alpha value is -1.18. The van der Waals surface area contributed by atoms with Crippen molar-refractivity contribution in [3.8, 4) is 0 Å². The van der Waals surface area contributed by atoms with Crippen LogP contribution in [0, 0.1) is 5.92 Å². The number of methoxy groups -OCH3 is 1. The highest BCUT2D eigenvalue weighted by Crippen LogP contribution is 2.27. The summed E-state index contributed by atoms with van der Waals surface area (Å²) in [4.78, 5) is 6.58. The van der Waals surface area contributed by atoms with Crippen LogP contribution in [0.15, 0.2) is 23.5 Å². The molecule has 1 aromatic rings. The van der Waals surface area contributed by atoms with Gasteiger partial charge in [-0.2, -0.15) is 0 Å².